The number of piperazine rings is 1. The SMILES string of the molecule is CCc1ccc(S(=O)(=O)N2CCN(c3ccccc3C)CC2)cc1. The van der Waals surface area contributed by atoms with Gasteiger partial charge in [-0.3, -0.25) is 0 Å². The lowest BCUT2D eigenvalue weighted by Crippen LogP contribution is -2.48. The summed E-state index contributed by atoms with van der Waals surface area (Å²) in [4.78, 5) is 2.66. The van der Waals surface area contributed by atoms with E-state index in [2.05, 4.69) is 30.9 Å². The van der Waals surface area contributed by atoms with Crippen LogP contribution in [-0.4, -0.2) is 38.9 Å². The first kappa shape index (κ1) is 17.0. The van der Waals surface area contributed by atoms with Gasteiger partial charge in [0.05, 0.1) is 4.90 Å². The molecule has 0 atom stereocenters. The molecule has 4 nitrogen and oxygen atoms in total. The molecule has 0 radical (unpaired) electrons. The first-order chi connectivity index (χ1) is 11.5. The first-order valence-electron chi connectivity index (χ1n) is 8.42. The van der Waals surface area contributed by atoms with E-state index in [1.54, 1.807) is 16.4 Å². The maximum absolute atomic E-state index is 12.8. The quantitative estimate of drug-likeness (QED) is 0.856. The van der Waals surface area contributed by atoms with Gasteiger partial charge in [0, 0.05) is 31.9 Å². The highest BCUT2D eigenvalue weighted by atomic mass is 32.2. The van der Waals surface area contributed by atoms with Crippen molar-refractivity contribution in [1.82, 2.24) is 4.31 Å². The lowest BCUT2D eigenvalue weighted by Gasteiger charge is -2.36. The van der Waals surface area contributed by atoms with Crippen LogP contribution in [0.3, 0.4) is 0 Å². The lowest BCUT2D eigenvalue weighted by molar-refractivity contribution is 0.384. The number of rotatable bonds is 4. The lowest BCUT2D eigenvalue weighted by atomic mass is 10.1. The smallest absolute Gasteiger partial charge is 0.243 e. The highest BCUT2D eigenvalue weighted by molar-refractivity contribution is 7.89. The van der Waals surface area contributed by atoms with Crippen LogP contribution in [0.4, 0.5) is 5.69 Å². The van der Waals surface area contributed by atoms with E-state index in [-0.39, 0.29) is 0 Å². The molecule has 1 fully saturated rings. The monoisotopic (exact) mass is 344 g/mol. The third kappa shape index (κ3) is 3.32. The summed E-state index contributed by atoms with van der Waals surface area (Å²) < 4.78 is 27.2. The highest BCUT2D eigenvalue weighted by Gasteiger charge is 2.28. The standard InChI is InChI=1S/C19H24N2O2S/c1-3-17-8-10-18(11-9-17)24(22,23)21-14-12-20(13-15-21)19-7-5-4-6-16(19)2/h4-11H,3,12-15H2,1-2H3. The van der Waals surface area contributed by atoms with Gasteiger partial charge in [-0.05, 0) is 42.7 Å². The minimum atomic E-state index is -3.40. The third-order valence-corrected chi connectivity index (χ3v) is 6.58. The van der Waals surface area contributed by atoms with E-state index in [9.17, 15) is 8.42 Å². The minimum Gasteiger partial charge on any atom is -0.369 e. The van der Waals surface area contributed by atoms with Gasteiger partial charge in [-0.1, -0.05) is 37.3 Å². The van der Waals surface area contributed by atoms with Crippen LogP contribution >= 0.6 is 0 Å². The molecule has 1 aliphatic heterocycles. The molecule has 0 unspecified atom stereocenters. The number of nitrogens with zero attached hydrogens (tertiary/aromatic N) is 2. The number of anilines is 1. The Bertz CT molecular complexity index is 792. The van der Waals surface area contributed by atoms with Crippen LogP contribution in [0.5, 0.6) is 0 Å². The number of aryl methyl sites for hydroxylation is 2. The van der Waals surface area contributed by atoms with E-state index < -0.39 is 10.0 Å². The van der Waals surface area contributed by atoms with Gasteiger partial charge in [-0.15, -0.1) is 0 Å². The van der Waals surface area contributed by atoms with Crippen molar-refractivity contribution in [2.45, 2.75) is 25.2 Å². The van der Waals surface area contributed by atoms with Gasteiger partial charge in [0.25, 0.3) is 0 Å². The number of para-hydroxylation sites is 1. The molecule has 0 spiro atoms. The summed E-state index contributed by atoms with van der Waals surface area (Å²) in [6.45, 7) is 6.63. The maximum atomic E-state index is 12.8. The summed E-state index contributed by atoms with van der Waals surface area (Å²) in [7, 11) is -3.40. The van der Waals surface area contributed by atoms with Crippen molar-refractivity contribution < 1.29 is 8.42 Å². The van der Waals surface area contributed by atoms with Crippen molar-refractivity contribution in [2.24, 2.45) is 0 Å². The van der Waals surface area contributed by atoms with Crippen LogP contribution in [0.2, 0.25) is 0 Å². The van der Waals surface area contributed by atoms with Crippen LogP contribution in [0.25, 0.3) is 0 Å². The average Bonchev–Trinajstić information content (AvgIpc) is 2.62. The van der Waals surface area contributed by atoms with Gasteiger partial charge in [0.2, 0.25) is 10.0 Å². The summed E-state index contributed by atoms with van der Waals surface area (Å²) in [6, 6.07) is 15.5. The van der Waals surface area contributed by atoms with E-state index in [4.69, 9.17) is 0 Å². The zero-order chi connectivity index (χ0) is 17.2. The van der Waals surface area contributed by atoms with Crippen molar-refractivity contribution in [3.8, 4) is 0 Å². The van der Waals surface area contributed by atoms with Gasteiger partial charge in [0.1, 0.15) is 0 Å². The zero-order valence-electron chi connectivity index (χ0n) is 14.3. The molecule has 0 aliphatic carbocycles. The summed E-state index contributed by atoms with van der Waals surface area (Å²) in [5, 5.41) is 0. The Kier molecular flexibility index (Phi) is 4.92. The van der Waals surface area contributed by atoms with Crippen molar-refractivity contribution in [3.05, 3.63) is 59.7 Å². The molecule has 0 saturated carbocycles. The summed E-state index contributed by atoms with van der Waals surface area (Å²) in [5.41, 5.74) is 3.57. The van der Waals surface area contributed by atoms with Gasteiger partial charge in [-0.2, -0.15) is 4.31 Å². The van der Waals surface area contributed by atoms with Crippen LogP contribution in [0.15, 0.2) is 53.4 Å². The predicted octanol–water partition coefficient (Wildman–Crippen LogP) is 3.07. The summed E-state index contributed by atoms with van der Waals surface area (Å²) in [5.74, 6) is 0. The Morgan fingerprint density at radius 2 is 1.54 bits per heavy atom. The molecule has 5 heteroatoms. The normalized spacial score (nSPS) is 16.3. The zero-order valence-corrected chi connectivity index (χ0v) is 15.1. The number of sulfonamides is 1. The predicted molar refractivity (Wildman–Crippen MR) is 98.0 cm³/mol. The first-order valence-corrected chi connectivity index (χ1v) is 9.86. The largest absolute Gasteiger partial charge is 0.369 e. The number of hydrogen-bond acceptors (Lipinski definition) is 3. The number of benzene rings is 2. The van der Waals surface area contributed by atoms with Crippen molar-refractivity contribution in [3.63, 3.8) is 0 Å². The molecule has 2 aromatic rings. The van der Waals surface area contributed by atoms with E-state index in [0.29, 0.717) is 18.0 Å². The van der Waals surface area contributed by atoms with Gasteiger partial charge >= 0.3 is 0 Å². The molecule has 24 heavy (non-hydrogen) atoms. The Labute approximate surface area is 144 Å². The van der Waals surface area contributed by atoms with Gasteiger partial charge < -0.3 is 4.90 Å². The fourth-order valence-corrected chi connectivity index (χ4v) is 4.56. The van der Waals surface area contributed by atoms with Crippen LogP contribution < -0.4 is 4.90 Å². The second kappa shape index (κ2) is 6.95. The van der Waals surface area contributed by atoms with Gasteiger partial charge in [-0.25, -0.2) is 8.42 Å². The molecule has 2 aromatic carbocycles. The molecule has 1 aliphatic rings. The van der Waals surface area contributed by atoms with E-state index in [0.717, 1.165) is 25.1 Å². The topological polar surface area (TPSA) is 40.6 Å². The molecule has 0 N–H and O–H groups in total. The van der Waals surface area contributed by atoms with Crippen LogP contribution in [0.1, 0.15) is 18.1 Å². The molecule has 0 bridgehead atoms. The Morgan fingerprint density at radius 1 is 0.917 bits per heavy atom. The van der Waals surface area contributed by atoms with Crippen LogP contribution in [-0.2, 0) is 16.4 Å². The summed E-state index contributed by atoms with van der Waals surface area (Å²) in [6.07, 6.45) is 0.912. The molecule has 128 valence electrons. The maximum Gasteiger partial charge on any atom is 0.243 e. The molecule has 1 heterocycles. The molecular formula is C19H24N2O2S. The highest BCUT2D eigenvalue weighted by Crippen LogP contribution is 2.23. The Morgan fingerprint density at radius 3 is 2.12 bits per heavy atom. The Hall–Kier alpha value is -1.85. The van der Waals surface area contributed by atoms with E-state index in [1.807, 2.05) is 24.3 Å². The van der Waals surface area contributed by atoms with Crippen LogP contribution in [0, 0.1) is 6.92 Å². The van der Waals surface area contributed by atoms with E-state index >= 15 is 0 Å². The fourth-order valence-electron chi connectivity index (χ4n) is 3.13. The van der Waals surface area contributed by atoms with Crippen molar-refractivity contribution in [1.29, 1.82) is 0 Å². The van der Waals surface area contributed by atoms with Crippen molar-refractivity contribution in [2.75, 3.05) is 31.1 Å². The second-order valence-electron chi connectivity index (χ2n) is 6.18. The minimum absolute atomic E-state index is 0.393. The molecule has 3 rings (SSSR count). The fraction of sp³-hybridized carbons (Fsp3) is 0.368. The molecule has 1 saturated heterocycles. The Balaban J connectivity index is 1.72. The molecular weight excluding hydrogens is 320 g/mol. The molecule has 0 aromatic heterocycles. The third-order valence-electron chi connectivity index (χ3n) is 4.66. The van der Waals surface area contributed by atoms with Crippen molar-refractivity contribution >= 4 is 15.7 Å². The number of hydrogen-bond donors (Lipinski definition) is 0. The molecule has 0 amide bonds. The van der Waals surface area contributed by atoms with Gasteiger partial charge in [0.15, 0.2) is 0 Å². The summed E-state index contributed by atoms with van der Waals surface area (Å²) >= 11 is 0. The second-order valence-corrected chi connectivity index (χ2v) is 8.11. The van der Waals surface area contributed by atoms with E-state index in [1.165, 1.54) is 11.3 Å². The average molecular weight is 344 g/mol.